The van der Waals surface area contributed by atoms with Gasteiger partial charge in [0.2, 0.25) is 11.8 Å². The molecule has 0 aliphatic heterocycles. The molecule has 9 heteroatoms. The van der Waals surface area contributed by atoms with Gasteiger partial charge in [0.25, 0.3) is 10.0 Å². The number of amides is 2. The van der Waals surface area contributed by atoms with Crippen molar-refractivity contribution in [3.63, 3.8) is 0 Å². The first-order valence-corrected chi connectivity index (χ1v) is 16.0. The number of methoxy groups -OCH3 is 1. The third-order valence-electron chi connectivity index (χ3n) is 7.76. The van der Waals surface area contributed by atoms with Crippen molar-refractivity contribution in [1.82, 2.24) is 10.2 Å². The van der Waals surface area contributed by atoms with E-state index in [4.69, 9.17) is 4.74 Å². The Balaban J connectivity index is 1.69. The average Bonchev–Trinajstić information content (AvgIpc) is 3.00. The predicted octanol–water partition coefficient (Wildman–Crippen LogP) is 5.46. The highest BCUT2D eigenvalue weighted by atomic mass is 32.2. The summed E-state index contributed by atoms with van der Waals surface area (Å²) in [5.74, 6) is -0.0521. The van der Waals surface area contributed by atoms with Crippen LogP contribution in [0.15, 0.2) is 83.8 Å². The Labute approximate surface area is 249 Å². The first kappa shape index (κ1) is 31.1. The van der Waals surface area contributed by atoms with Gasteiger partial charge in [-0.15, -0.1) is 0 Å². The topological polar surface area (TPSA) is 96.0 Å². The van der Waals surface area contributed by atoms with Crippen LogP contribution in [0.4, 0.5) is 5.69 Å². The van der Waals surface area contributed by atoms with Gasteiger partial charge < -0.3 is 15.0 Å². The van der Waals surface area contributed by atoms with E-state index in [0.29, 0.717) is 17.9 Å². The van der Waals surface area contributed by atoms with Crippen LogP contribution in [0.1, 0.15) is 56.6 Å². The van der Waals surface area contributed by atoms with Gasteiger partial charge in [-0.2, -0.15) is 0 Å². The van der Waals surface area contributed by atoms with Crippen molar-refractivity contribution in [3.05, 3.63) is 90.0 Å². The zero-order valence-corrected chi connectivity index (χ0v) is 25.5. The molecule has 0 radical (unpaired) electrons. The minimum absolute atomic E-state index is 0.0804. The Morgan fingerprint density at radius 2 is 1.64 bits per heavy atom. The summed E-state index contributed by atoms with van der Waals surface area (Å²) >= 11 is 0. The van der Waals surface area contributed by atoms with Crippen LogP contribution in [-0.2, 0) is 26.2 Å². The van der Waals surface area contributed by atoms with Crippen LogP contribution in [-0.4, -0.2) is 50.9 Å². The highest BCUT2D eigenvalue weighted by molar-refractivity contribution is 7.92. The summed E-state index contributed by atoms with van der Waals surface area (Å²) < 4.78 is 34.4. The van der Waals surface area contributed by atoms with Crippen molar-refractivity contribution in [2.45, 2.75) is 75.9 Å². The number of sulfonamides is 1. The van der Waals surface area contributed by atoms with Gasteiger partial charge in [-0.1, -0.05) is 74.2 Å². The number of ether oxygens (including phenoxy) is 1. The summed E-state index contributed by atoms with van der Waals surface area (Å²) in [6, 6.07) is 21.8. The van der Waals surface area contributed by atoms with Crippen LogP contribution in [0.5, 0.6) is 5.75 Å². The SMILES string of the molecule is CC[C@H](C(=O)NC1CCCCC1)N(Cc1cccc(OC)c1)C(=O)CN(c1ccccc1)S(=O)(=O)c1ccc(C)cc1. The van der Waals surface area contributed by atoms with Crippen LogP contribution in [0.25, 0.3) is 0 Å². The van der Waals surface area contributed by atoms with Crippen molar-refractivity contribution in [1.29, 1.82) is 0 Å². The van der Waals surface area contributed by atoms with Gasteiger partial charge in [0.15, 0.2) is 0 Å². The standard InChI is InChI=1S/C33H41N3O5S/c1-4-31(33(38)34-27-13-7-5-8-14-27)35(23-26-12-11-17-29(22-26)41-3)32(37)24-36(28-15-9-6-10-16-28)42(39,40)30-20-18-25(2)19-21-30/h6,9-12,15-22,27,31H,4-5,7-8,13-14,23-24H2,1-3H3,(H,34,38)/t31-/m1/s1. The van der Waals surface area contributed by atoms with Crippen LogP contribution in [0.2, 0.25) is 0 Å². The molecule has 1 aliphatic rings. The monoisotopic (exact) mass is 591 g/mol. The number of para-hydroxylation sites is 1. The molecular formula is C33H41N3O5S. The van der Waals surface area contributed by atoms with Crippen molar-refractivity contribution in [3.8, 4) is 5.75 Å². The van der Waals surface area contributed by atoms with Gasteiger partial charge in [-0.3, -0.25) is 13.9 Å². The lowest BCUT2D eigenvalue weighted by Gasteiger charge is -2.34. The maximum atomic E-state index is 14.2. The Morgan fingerprint density at radius 3 is 2.29 bits per heavy atom. The van der Waals surface area contributed by atoms with Crippen molar-refractivity contribution < 1.29 is 22.7 Å². The van der Waals surface area contributed by atoms with Crippen LogP contribution in [0, 0.1) is 6.92 Å². The van der Waals surface area contributed by atoms with Crippen molar-refractivity contribution >= 4 is 27.5 Å². The molecule has 3 aromatic carbocycles. The van der Waals surface area contributed by atoms with Gasteiger partial charge >= 0.3 is 0 Å². The molecule has 0 heterocycles. The molecule has 1 aliphatic carbocycles. The molecule has 1 saturated carbocycles. The summed E-state index contributed by atoms with van der Waals surface area (Å²) in [5.41, 5.74) is 2.07. The van der Waals surface area contributed by atoms with Crippen LogP contribution >= 0.6 is 0 Å². The minimum atomic E-state index is -4.09. The van der Waals surface area contributed by atoms with E-state index < -0.39 is 28.5 Å². The van der Waals surface area contributed by atoms with E-state index in [1.54, 1.807) is 61.7 Å². The fraction of sp³-hybridized carbons (Fsp3) is 0.394. The van der Waals surface area contributed by atoms with E-state index in [-0.39, 0.29) is 23.4 Å². The number of rotatable bonds is 12. The quantitative estimate of drug-likeness (QED) is 0.302. The summed E-state index contributed by atoms with van der Waals surface area (Å²) in [6.45, 7) is 3.42. The largest absolute Gasteiger partial charge is 0.497 e. The number of carbonyl (C=O) groups excluding carboxylic acids is 2. The minimum Gasteiger partial charge on any atom is -0.497 e. The molecule has 3 aromatic rings. The van der Waals surface area contributed by atoms with Gasteiger partial charge in [0, 0.05) is 12.6 Å². The van der Waals surface area contributed by atoms with E-state index >= 15 is 0 Å². The average molecular weight is 592 g/mol. The number of hydrogen-bond donors (Lipinski definition) is 1. The molecule has 1 fully saturated rings. The maximum Gasteiger partial charge on any atom is 0.264 e. The Bertz CT molecular complexity index is 1440. The van der Waals surface area contributed by atoms with Gasteiger partial charge in [0.05, 0.1) is 17.7 Å². The highest BCUT2D eigenvalue weighted by Crippen LogP contribution is 2.26. The van der Waals surface area contributed by atoms with Crippen molar-refractivity contribution in [2.75, 3.05) is 18.0 Å². The third-order valence-corrected chi connectivity index (χ3v) is 9.54. The first-order chi connectivity index (χ1) is 20.2. The lowest BCUT2D eigenvalue weighted by atomic mass is 9.95. The molecule has 224 valence electrons. The fourth-order valence-electron chi connectivity index (χ4n) is 5.39. The molecule has 0 aromatic heterocycles. The number of aryl methyl sites for hydroxylation is 1. The molecular weight excluding hydrogens is 550 g/mol. The normalized spacial score (nSPS) is 14.5. The molecule has 0 unspecified atom stereocenters. The summed E-state index contributed by atoms with van der Waals surface area (Å²) in [5, 5.41) is 3.17. The second-order valence-corrected chi connectivity index (χ2v) is 12.7. The summed E-state index contributed by atoms with van der Waals surface area (Å²) in [4.78, 5) is 29.5. The van der Waals surface area contributed by atoms with Crippen LogP contribution in [0.3, 0.4) is 0 Å². The molecule has 1 N–H and O–H groups in total. The molecule has 1 atom stereocenters. The lowest BCUT2D eigenvalue weighted by molar-refractivity contribution is -0.140. The van der Waals surface area contributed by atoms with Gasteiger partial charge in [0.1, 0.15) is 18.3 Å². The highest BCUT2D eigenvalue weighted by Gasteiger charge is 2.34. The number of nitrogens with zero attached hydrogens (tertiary/aromatic N) is 2. The second kappa shape index (κ2) is 14.4. The number of carbonyl (C=O) groups is 2. The Morgan fingerprint density at radius 1 is 0.952 bits per heavy atom. The van der Waals surface area contributed by atoms with E-state index in [9.17, 15) is 18.0 Å². The van der Waals surface area contributed by atoms with E-state index in [1.807, 2.05) is 38.1 Å². The number of nitrogens with one attached hydrogen (secondary N) is 1. The lowest BCUT2D eigenvalue weighted by Crippen LogP contribution is -2.54. The molecule has 0 saturated heterocycles. The molecule has 4 rings (SSSR count). The van der Waals surface area contributed by atoms with E-state index in [2.05, 4.69) is 5.32 Å². The third kappa shape index (κ3) is 7.70. The first-order valence-electron chi connectivity index (χ1n) is 14.6. The summed E-state index contributed by atoms with van der Waals surface area (Å²) in [7, 11) is -2.52. The molecule has 8 nitrogen and oxygen atoms in total. The van der Waals surface area contributed by atoms with E-state index in [0.717, 1.165) is 47.5 Å². The predicted molar refractivity (Wildman–Crippen MR) is 165 cm³/mol. The number of benzene rings is 3. The molecule has 2 amide bonds. The molecule has 0 bridgehead atoms. The van der Waals surface area contributed by atoms with E-state index in [1.165, 1.54) is 4.90 Å². The smallest absolute Gasteiger partial charge is 0.264 e. The second-order valence-electron chi connectivity index (χ2n) is 10.8. The fourth-order valence-corrected chi connectivity index (χ4v) is 6.81. The Hall–Kier alpha value is -3.85. The Kier molecular flexibility index (Phi) is 10.6. The zero-order chi connectivity index (χ0) is 30.1. The number of hydrogen-bond acceptors (Lipinski definition) is 5. The van der Waals surface area contributed by atoms with Crippen molar-refractivity contribution in [2.24, 2.45) is 0 Å². The molecule has 42 heavy (non-hydrogen) atoms. The van der Waals surface area contributed by atoms with Crippen LogP contribution < -0.4 is 14.4 Å². The zero-order valence-electron chi connectivity index (χ0n) is 24.7. The summed E-state index contributed by atoms with van der Waals surface area (Å²) in [6.07, 6.45) is 5.51. The van der Waals surface area contributed by atoms with Gasteiger partial charge in [-0.05, 0) is 68.1 Å². The number of anilines is 1. The molecule has 0 spiro atoms. The van der Waals surface area contributed by atoms with Gasteiger partial charge in [-0.25, -0.2) is 8.42 Å². The maximum absolute atomic E-state index is 14.2.